The van der Waals surface area contributed by atoms with Gasteiger partial charge in [0, 0.05) is 19.2 Å². The minimum absolute atomic E-state index is 0. The van der Waals surface area contributed by atoms with Crippen LogP contribution in [-0.4, -0.2) is 12.8 Å². The van der Waals surface area contributed by atoms with Crippen LogP contribution in [0.5, 0.6) is 0 Å². The maximum atomic E-state index is 3.71. The average molecular weight is 87.1 g/mol. The van der Waals surface area contributed by atoms with Gasteiger partial charge in [0.15, 0.2) is 0 Å². The van der Waals surface area contributed by atoms with Crippen LogP contribution < -0.4 is 11.6 Å². The van der Waals surface area contributed by atoms with E-state index in [1.807, 2.05) is 6.21 Å². The molecule has 0 aromatic heterocycles. The zero-order valence-electron chi connectivity index (χ0n) is 3.65. The third-order valence-electron chi connectivity index (χ3n) is 0.568. The predicted octanol–water partition coefficient (Wildman–Crippen LogP) is 0.127. The second-order valence-corrected chi connectivity index (χ2v) is 1.01. The van der Waals surface area contributed by atoms with Crippen LogP contribution in [0.3, 0.4) is 0 Å². The predicted molar refractivity (Wildman–Crippen MR) is 26.1 cm³/mol. The molecule has 0 fully saturated rings. The quantitative estimate of drug-likeness (QED) is 0.441. The Balaban J connectivity index is 0.000000250. The lowest BCUT2D eigenvalue weighted by molar-refractivity contribution is 0.813. The van der Waals surface area contributed by atoms with Gasteiger partial charge in [0.05, 0.1) is 0 Å². The van der Waals surface area contributed by atoms with E-state index < -0.39 is 0 Å². The van der Waals surface area contributed by atoms with Gasteiger partial charge in [-0.1, -0.05) is 0 Å². The van der Waals surface area contributed by atoms with Crippen LogP contribution in [0.1, 0.15) is 6.42 Å². The lowest BCUT2D eigenvalue weighted by Crippen LogP contribution is -1.96. The standard InChI is InChI=1S/C3H6N2.H3N/c1-2-4-5-3-1;/h2,5H,1,3H2;1H3. The van der Waals surface area contributed by atoms with Crippen LogP contribution in [0.4, 0.5) is 0 Å². The first-order chi connectivity index (χ1) is 2.50. The number of nitrogens with zero attached hydrogens (tertiary/aromatic N) is 1. The topological polar surface area (TPSA) is 59.4 Å². The van der Waals surface area contributed by atoms with E-state index in [0.717, 1.165) is 13.0 Å². The van der Waals surface area contributed by atoms with Gasteiger partial charge >= 0.3 is 0 Å². The molecule has 0 saturated carbocycles. The minimum Gasteiger partial charge on any atom is -0.344 e. The molecule has 1 rings (SSSR count). The fraction of sp³-hybridized carbons (Fsp3) is 0.667. The van der Waals surface area contributed by atoms with Gasteiger partial charge in [-0.05, 0) is 0 Å². The van der Waals surface area contributed by atoms with Gasteiger partial charge in [0.2, 0.25) is 0 Å². The molecule has 6 heavy (non-hydrogen) atoms. The normalized spacial score (nSPS) is 16.0. The molecule has 0 aromatic rings. The summed E-state index contributed by atoms with van der Waals surface area (Å²) in [4.78, 5) is 0. The van der Waals surface area contributed by atoms with E-state index in [1.165, 1.54) is 0 Å². The zero-order chi connectivity index (χ0) is 3.54. The molecular weight excluding hydrogens is 78.1 g/mol. The molecule has 0 radical (unpaired) electrons. The largest absolute Gasteiger partial charge is 0.344 e. The van der Waals surface area contributed by atoms with Crippen molar-refractivity contribution in [3.8, 4) is 0 Å². The van der Waals surface area contributed by atoms with Crippen molar-refractivity contribution in [3.63, 3.8) is 0 Å². The van der Waals surface area contributed by atoms with Crippen molar-refractivity contribution >= 4 is 6.21 Å². The summed E-state index contributed by atoms with van der Waals surface area (Å²) in [6, 6.07) is 0. The highest BCUT2D eigenvalue weighted by Gasteiger charge is 1.83. The van der Waals surface area contributed by atoms with Gasteiger partial charge in [-0.25, -0.2) is 0 Å². The van der Waals surface area contributed by atoms with Crippen LogP contribution in [-0.2, 0) is 0 Å². The molecule has 0 bridgehead atoms. The van der Waals surface area contributed by atoms with E-state index in [9.17, 15) is 0 Å². The molecule has 0 aliphatic carbocycles. The molecule has 1 heterocycles. The van der Waals surface area contributed by atoms with Crippen LogP contribution in [0.25, 0.3) is 0 Å². The molecule has 0 spiro atoms. The van der Waals surface area contributed by atoms with E-state index >= 15 is 0 Å². The van der Waals surface area contributed by atoms with Crippen molar-refractivity contribution in [3.05, 3.63) is 0 Å². The Morgan fingerprint density at radius 1 is 1.67 bits per heavy atom. The van der Waals surface area contributed by atoms with Crippen molar-refractivity contribution in [2.24, 2.45) is 5.10 Å². The molecule has 0 unspecified atom stereocenters. The van der Waals surface area contributed by atoms with E-state index in [-0.39, 0.29) is 6.15 Å². The minimum atomic E-state index is 0. The Kier molecular flexibility index (Phi) is 2.40. The lowest BCUT2D eigenvalue weighted by Gasteiger charge is -1.76. The Hall–Kier alpha value is -0.570. The first kappa shape index (κ1) is 5.43. The summed E-state index contributed by atoms with van der Waals surface area (Å²) in [5.74, 6) is 0. The van der Waals surface area contributed by atoms with Crippen molar-refractivity contribution < 1.29 is 0 Å². The Labute approximate surface area is 37.0 Å². The smallest absolute Gasteiger partial charge is 0.0379 e. The molecular formula is C3H9N3. The van der Waals surface area contributed by atoms with Crippen LogP contribution in [0.2, 0.25) is 0 Å². The van der Waals surface area contributed by atoms with Crippen molar-refractivity contribution in [1.29, 1.82) is 0 Å². The molecule has 4 N–H and O–H groups in total. The van der Waals surface area contributed by atoms with E-state index in [4.69, 9.17) is 0 Å². The summed E-state index contributed by atoms with van der Waals surface area (Å²) in [6.45, 7) is 1.03. The fourth-order valence-corrected chi connectivity index (χ4v) is 0.323. The first-order valence-corrected chi connectivity index (χ1v) is 1.74. The van der Waals surface area contributed by atoms with Gasteiger partial charge in [0.1, 0.15) is 0 Å². The van der Waals surface area contributed by atoms with Crippen molar-refractivity contribution in [1.82, 2.24) is 11.6 Å². The summed E-state index contributed by atoms with van der Waals surface area (Å²) >= 11 is 0. The highest BCUT2D eigenvalue weighted by atomic mass is 15.3. The molecule has 0 atom stereocenters. The number of nitrogens with one attached hydrogen (secondary N) is 1. The molecule has 0 aromatic carbocycles. The van der Waals surface area contributed by atoms with Gasteiger partial charge in [-0.3, -0.25) is 0 Å². The highest BCUT2D eigenvalue weighted by Crippen LogP contribution is 1.75. The van der Waals surface area contributed by atoms with Crippen LogP contribution in [0.15, 0.2) is 5.10 Å². The fourth-order valence-electron chi connectivity index (χ4n) is 0.323. The highest BCUT2D eigenvalue weighted by molar-refractivity contribution is 5.58. The van der Waals surface area contributed by atoms with Crippen molar-refractivity contribution in [2.45, 2.75) is 6.42 Å². The van der Waals surface area contributed by atoms with Gasteiger partial charge in [0.25, 0.3) is 0 Å². The Morgan fingerprint density at radius 3 is 2.67 bits per heavy atom. The lowest BCUT2D eigenvalue weighted by atomic mass is 10.5. The molecule has 0 amide bonds. The third kappa shape index (κ3) is 1.03. The van der Waals surface area contributed by atoms with Crippen molar-refractivity contribution in [2.75, 3.05) is 6.54 Å². The molecule has 3 heteroatoms. The van der Waals surface area contributed by atoms with Crippen LogP contribution in [0, 0.1) is 0 Å². The van der Waals surface area contributed by atoms with Gasteiger partial charge in [-0.15, -0.1) is 0 Å². The number of hydrazone groups is 1. The third-order valence-corrected chi connectivity index (χ3v) is 0.568. The van der Waals surface area contributed by atoms with E-state index in [0.29, 0.717) is 0 Å². The number of hydrogen-bond acceptors (Lipinski definition) is 3. The second-order valence-electron chi connectivity index (χ2n) is 1.01. The summed E-state index contributed by atoms with van der Waals surface area (Å²) in [5.41, 5.74) is 2.79. The maximum absolute atomic E-state index is 3.71. The Bertz CT molecular complexity index is 44.0. The Morgan fingerprint density at radius 2 is 2.50 bits per heavy atom. The van der Waals surface area contributed by atoms with Gasteiger partial charge < -0.3 is 11.6 Å². The van der Waals surface area contributed by atoms with E-state index in [1.54, 1.807) is 0 Å². The van der Waals surface area contributed by atoms with Gasteiger partial charge in [-0.2, -0.15) is 5.10 Å². The second kappa shape index (κ2) is 2.66. The molecule has 1 aliphatic heterocycles. The summed E-state index contributed by atoms with van der Waals surface area (Å²) < 4.78 is 0. The number of rotatable bonds is 0. The maximum Gasteiger partial charge on any atom is 0.0379 e. The molecule has 0 saturated heterocycles. The SMILES string of the molecule is C1=NNCC1.N. The first-order valence-electron chi connectivity index (χ1n) is 1.74. The average Bonchev–Trinajstić information content (AvgIpc) is 1.76. The molecule has 3 nitrogen and oxygen atoms in total. The molecule has 1 aliphatic rings. The van der Waals surface area contributed by atoms with E-state index in [2.05, 4.69) is 10.5 Å². The summed E-state index contributed by atoms with van der Waals surface area (Å²) in [5, 5.41) is 3.71. The summed E-state index contributed by atoms with van der Waals surface area (Å²) in [6.07, 6.45) is 2.97. The molecule has 36 valence electrons. The zero-order valence-corrected chi connectivity index (χ0v) is 3.65. The summed E-state index contributed by atoms with van der Waals surface area (Å²) in [7, 11) is 0. The number of hydrogen-bond donors (Lipinski definition) is 2. The van der Waals surface area contributed by atoms with Crippen LogP contribution >= 0.6 is 0 Å². The monoisotopic (exact) mass is 87.1 g/mol.